The minimum Gasteiger partial charge on any atom is -0.394 e. The lowest BCUT2D eigenvalue weighted by molar-refractivity contribution is -0.0511. The second-order valence-corrected chi connectivity index (χ2v) is 6.38. The molecule has 4 atom stereocenters. The van der Waals surface area contributed by atoms with Gasteiger partial charge in [-0.15, -0.1) is 0 Å². The van der Waals surface area contributed by atoms with Gasteiger partial charge in [-0.25, -0.2) is 15.0 Å². The van der Waals surface area contributed by atoms with E-state index in [0.29, 0.717) is 17.1 Å². The first-order valence-electron chi connectivity index (χ1n) is 8.22. The predicted octanol–water partition coefficient (Wildman–Crippen LogP) is -0.828. The third-order valence-corrected chi connectivity index (χ3v) is 4.73. The topological polar surface area (TPSA) is 140 Å². The van der Waals surface area contributed by atoms with Gasteiger partial charge in [-0.3, -0.25) is 4.57 Å². The highest BCUT2D eigenvalue weighted by Crippen LogP contribution is 2.32. The summed E-state index contributed by atoms with van der Waals surface area (Å²) in [5.41, 5.74) is 6.68. The van der Waals surface area contributed by atoms with Crippen LogP contribution < -0.4 is 5.73 Å². The fourth-order valence-corrected chi connectivity index (χ4v) is 3.01. The summed E-state index contributed by atoms with van der Waals surface area (Å²) in [5.74, 6) is 6.92. The van der Waals surface area contributed by atoms with Crippen LogP contribution in [0.3, 0.4) is 0 Å². The zero-order valence-corrected chi connectivity index (χ0v) is 13.4. The summed E-state index contributed by atoms with van der Waals surface area (Å²) in [6.45, 7) is -0.406. The number of imidazole rings is 1. The highest BCUT2D eigenvalue weighted by atomic mass is 16.6. The maximum Gasteiger partial charge on any atom is 0.208 e. The van der Waals surface area contributed by atoms with Gasteiger partial charge in [0, 0.05) is 5.92 Å². The van der Waals surface area contributed by atoms with E-state index in [4.69, 9.17) is 10.5 Å². The van der Waals surface area contributed by atoms with Crippen LogP contribution in [0, 0.1) is 17.8 Å². The van der Waals surface area contributed by atoms with Crippen molar-refractivity contribution in [1.82, 2.24) is 19.5 Å². The molecular formula is C16H19N5O4. The zero-order chi connectivity index (χ0) is 17.6. The Bertz CT molecular complexity index is 853. The molecule has 1 saturated heterocycles. The molecule has 25 heavy (non-hydrogen) atoms. The predicted molar refractivity (Wildman–Crippen MR) is 87.0 cm³/mol. The number of nitrogens with two attached hydrogens (primary N) is 1. The number of aliphatic hydroxyl groups excluding tert-OH is 3. The van der Waals surface area contributed by atoms with Crippen molar-refractivity contribution in [1.29, 1.82) is 0 Å². The van der Waals surface area contributed by atoms with Gasteiger partial charge in [0.2, 0.25) is 5.82 Å². The Morgan fingerprint density at radius 1 is 1.28 bits per heavy atom. The number of nitrogens with zero attached hydrogens (tertiary/aromatic N) is 4. The fraction of sp³-hybridized carbons (Fsp3) is 0.562. The maximum atomic E-state index is 10.2. The van der Waals surface area contributed by atoms with Crippen LogP contribution in [0.15, 0.2) is 6.33 Å². The van der Waals surface area contributed by atoms with E-state index in [2.05, 4.69) is 26.8 Å². The van der Waals surface area contributed by atoms with Gasteiger partial charge >= 0.3 is 0 Å². The number of ether oxygens (including phenoxy) is 1. The molecule has 0 bridgehead atoms. The number of fused-ring (bicyclic) bond motifs is 1. The van der Waals surface area contributed by atoms with E-state index >= 15 is 0 Å². The smallest absolute Gasteiger partial charge is 0.208 e. The summed E-state index contributed by atoms with van der Waals surface area (Å²) in [6.07, 6.45) is 0.544. The van der Waals surface area contributed by atoms with E-state index in [0.717, 1.165) is 12.8 Å². The minimum atomic E-state index is -1.23. The Morgan fingerprint density at radius 3 is 2.72 bits per heavy atom. The Hall–Kier alpha value is -2.25. The van der Waals surface area contributed by atoms with Crippen molar-refractivity contribution >= 4 is 17.0 Å². The van der Waals surface area contributed by atoms with Crippen LogP contribution in [0.4, 0.5) is 5.82 Å². The first-order chi connectivity index (χ1) is 12.1. The number of nitrogen functional groups attached to an aromatic ring is 1. The average Bonchev–Trinajstić information content (AvgIpc) is 3.09. The molecule has 0 unspecified atom stereocenters. The largest absolute Gasteiger partial charge is 0.394 e. The highest BCUT2D eigenvalue weighted by Gasteiger charge is 2.44. The van der Waals surface area contributed by atoms with Crippen molar-refractivity contribution in [2.45, 2.75) is 43.8 Å². The molecule has 0 aromatic carbocycles. The number of aromatic nitrogens is 4. The number of anilines is 1. The number of aliphatic hydroxyl groups is 3. The molecule has 2 aromatic rings. The lowest BCUT2D eigenvalue weighted by Gasteiger charge is -2.18. The van der Waals surface area contributed by atoms with Crippen molar-refractivity contribution in [3.05, 3.63) is 12.2 Å². The summed E-state index contributed by atoms with van der Waals surface area (Å²) < 4.78 is 7.01. The minimum absolute atomic E-state index is 0.188. The van der Waals surface area contributed by atoms with E-state index in [1.54, 1.807) is 0 Å². The summed E-state index contributed by atoms with van der Waals surface area (Å²) >= 11 is 0. The first kappa shape index (κ1) is 16.2. The molecule has 2 aliphatic rings. The van der Waals surface area contributed by atoms with Crippen molar-refractivity contribution in [3.63, 3.8) is 0 Å². The van der Waals surface area contributed by atoms with Crippen LogP contribution >= 0.6 is 0 Å². The normalized spacial score (nSPS) is 29.4. The van der Waals surface area contributed by atoms with Gasteiger partial charge in [0.15, 0.2) is 17.7 Å². The van der Waals surface area contributed by atoms with Gasteiger partial charge in [0.25, 0.3) is 0 Å². The van der Waals surface area contributed by atoms with Crippen molar-refractivity contribution in [3.8, 4) is 11.8 Å². The molecule has 2 aromatic heterocycles. The van der Waals surface area contributed by atoms with Crippen LogP contribution in [0.25, 0.3) is 11.2 Å². The molecule has 2 fully saturated rings. The second kappa shape index (κ2) is 6.24. The quantitative estimate of drug-likeness (QED) is 0.517. The summed E-state index contributed by atoms with van der Waals surface area (Å²) in [6, 6.07) is 0. The van der Waals surface area contributed by atoms with Crippen molar-refractivity contribution in [2.75, 3.05) is 12.3 Å². The molecule has 9 nitrogen and oxygen atoms in total. The Morgan fingerprint density at radius 2 is 2.08 bits per heavy atom. The third kappa shape index (κ3) is 2.73. The Balaban J connectivity index is 1.72. The third-order valence-electron chi connectivity index (χ3n) is 4.73. The van der Waals surface area contributed by atoms with E-state index in [1.165, 1.54) is 17.3 Å². The number of hydrogen-bond acceptors (Lipinski definition) is 8. The van der Waals surface area contributed by atoms with Gasteiger partial charge in [-0.2, -0.15) is 0 Å². The van der Waals surface area contributed by atoms with Crippen LogP contribution in [0.2, 0.25) is 0 Å². The SMILES string of the molecule is Nc1nc(C#CC2CCC2)nc2c1ncn2[C@@H]1O[C@H](CO)[C@@H](O)[C@H]1O. The van der Waals surface area contributed by atoms with E-state index in [1.807, 2.05) is 0 Å². The van der Waals surface area contributed by atoms with Gasteiger partial charge in [-0.1, -0.05) is 12.3 Å². The molecule has 4 rings (SSSR count). The Kier molecular flexibility index (Phi) is 4.05. The molecule has 1 aliphatic carbocycles. The molecule has 5 N–H and O–H groups in total. The van der Waals surface area contributed by atoms with Gasteiger partial charge < -0.3 is 25.8 Å². The van der Waals surface area contributed by atoms with Crippen molar-refractivity contribution in [2.24, 2.45) is 5.92 Å². The summed E-state index contributed by atoms with van der Waals surface area (Å²) in [5, 5.41) is 29.4. The van der Waals surface area contributed by atoms with Gasteiger partial charge in [-0.05, 0) is 18.8 Å². The molecule has 9 heteroatoms. The van der Waals surface area contributed by atoms with Gasteiger partial charge in [0.1, 0.15) is 23.8 Å². The molecule has 1 aliphatic heterocycles. The van der Waals surface area contributed by atoms with Crippen molar-refractivity contribution < 1.29 is 20.1 Å². The molecule has 132 valence electrons. The van der Waals surface area contributed by atoms with E-state index in [9.17, 15) is 15.3 Å². The molecule has 0 spiro atoms. The lowest BCUT2D eigenvalue weighted by atomic mass is 9.86. The molecule has 3 heterocycles. The van der Waals surface area contributed by atoms with Crippen LogP contribution in [-0.2, 0) is 4.74 Å². The van der Waals surface area contributed by atoms with Crippen LogP contribution in [-0.4, -0.2) is 59.8 Å². The number of rotatable bonds is 2. The molecule has 1 saturated carbocycles. The monoisotopic (exact) mass is 345 g/mol. The van der Waals surface area contributed by atoms with Crippen LogP contribution in [0.1, 0.15) is 31.3 Å². The van der Waals surface area contributed by atoms with Gasteiger partial charge in [0.05, 0.1) is 12.9 Å². The van der Waals surface area contributed by atoms with E-state index < -0.39 is 31.1 Å². The number of hydrogen-bond donors (Lipinski definition) is 4. The summed E-state index contributed by atoms with van der Waals surface area (Å²) in [4.78, 5) is 12.7. The Labute approximate surface area is 143 Å². The van der Waals surface area contributed by atoms with E-state index in [-0.39, 0.29) is 11.6 Å². The fourth-order valence-electron chi connectivity index (χ4n) is 3.01. The summed E-state index contributed by atoms with van der Waals surface area (Å²) in [7, 11) is 0. The lowest BCUT2D eigenvalue weighted by Crippen LogP contribution is -2.33. The first-order valence-corrected chi connectivity index (χ1v) is 8.22. The maximum absolute atomic E-state index is 10.2. The average molecular weight is 345 g/mol. The zero-order valence-electron chi connectivity index (χ0n) is 13.4. The molecule has 0 amide bonds. The highest BCUT2D eigenvalue weighted by molar-refractivity contribution is 5.82. The second-order valence-electron chi connectivity index (χ2n) is 6.38. The van der Waals surface area contributed by atoms with Crippen LogP contribution in [0.5, 0.6) is 0 Å². The molecule has 0 radical (unpaired) electrons. The molecular weight excluding hydrogens is 326 g/mol. The standard InChI is InChI=1S/C16H19N5O4/c17-14-11-15(20-10(19-14)5-4-8-2-1-3-8)21(7-18-11)16-13(24)12(23)9(6-22)25-16/h7-9,12-13,16,22-24H,1-3,6H2,(H2,17,19,20)/t9-,12-,13-,16-/m1/s1.